The molecule has 31 heavy (non-hydrogen) atoms. The number of aliphatic hydroxyl groups is 2. The van der Waals surface area contributed by atoms with Gasteiger partial charge in [-0.3, -0.25) is 0 Å². The third kappa shape index (κ3) is 5.42. The number of para-hydroxylation sites is 2. The summed E-state index contributed by atoms with van der Waals surface area (Å²) in [5, 5.41) is 18.9. The molecule has 0 radical (unpaired) electrons. The average molecular weight is 427 g/mol. The van der Waals surface area contributed by atoms with Crippen LogP contribution >= 0.6 is 0 Å². The minimum Gasteiger partial charge on any atom is -0.491 e. The molecule has 0 bridgehead atoms. The van der Waals surface area contributed by atoms with Crippen molar-refractivity contribution in [1.82, 2.24) is 0 Å². The summed E-state index contributed by atoms with van der Waals surface area (Å²) < 4.78 is 12.3. The standard InChI is InChI=1S/C27H38O4/c1-21-11-9-13-23(25(21)30-19-17-28)27(15-7-5-3-4-6-8-16-27)24-14-10-12-22(2)26(24)31-20-18-29/h9-14,28-29H,3-8,15-20H2,1-2H3. The second-order valence-corrected chi connectivity index (χ2v) is 8.75. The molecule has 2 aromatic carbocycles. The van der Waals surface area contributed by atoms with Crippen LogP contribution in [-0.2, 0) is 5.41 Å². The molecule has 1 aliphatic carbocycles. The molecule has 1 saturated carbocycles. The van der Waals surface area contributed by atoms with Crippen molar-refractivity contribution in [2.45, 2.75) is 70.6 Å². The fourth-order valence-corrected chi connectivity index (χ4v) is 5.11. The largest absolute Gasteiger partial charge is 0.491 e. The summed E-state index contributed by atoms with van der Waals surface area (Å²) in [6, 6.07) is 12.8. The predicted octanol–water partition coefficient (Wildman–Crippen LogP) is 5.47. The van der Waals surface area contributed by atoms with E-state index in [1.54, 1.807) is 0 Å². The molecule has 1 aliphatic rings. The summed E-state index contributed by atoms with van der Waals surface area (Å²) in [5.74, 6) is 1.79. The summed E-state index contributed by atoms with van der Waals surface area (Å²) in [7, 11) is 0. The number of aliphatic hydroxyl groups excluding tert-OH is 2. The Bertz CT molecular complexity index is 760. The summed E-state index contributed by atoms with van der Waals surface area (Å²) in [6.07, 6.45) is 9.42. The molecular formula is C27H38O4. The van der Waals surface area contributed by atoms with Gasteiger partial charge in [0, 0.05) is 16.5 Å². The van der Waals surface area contributed by atoms with E-state index in [4.69, 9.17) is 9.47 Å². The van der Waals surface area contributed by atoms with Crippen LogP contribution < -0.4 is 9.47 Å². The third-order valence-electron chi connectivity index (χ3n) is 6.59. The fourth-order valence-electron chi connectivity index (χ4n) is 5.11. The number of hydrogen-bond donors (Lipinski definition) is 2. The van der Waals surface area contributed by atoms with Gasteiger partial charge in [-0.25, -0.2) is 0 Å². The average Bonchev–Trinajstić information content (AvgIpc) is 2.90. The van der Waals surface area contributed by atoms with Crippen molar-refractivity contribution in [2.24, 2.45) is 0 Å². The van der Waals surface area contributed by atoms with Crippen LogP contribution in [0.1, 0.15) is 73.6 Å². The van der Waals surface area contributed by atoms with Gasteiger partial charge in [0.25, 0.3) is 0 Å². The van der Waals surface area contributed by atoms with Gasteiger partial charge in [0.15, 0.2) is 0 Å². The molecule has 0 unspecified atom stereocenters. The quantitative estimate of drug-likeness (QED) is 0.588. The molecule has 0 atom stereocenters. The minimum atomic E-state index is -0.224. The van der Waals surface area contributed by atoms with Crippen LogP contribution in [0.2, 0.25) is 0 Å². The van der Waals surface area contributed by atoms with E-state index in [0.29, 0.717) is 0 Å². The number of rotatable bonds is 8. The summed E-state index contributed by atoms with van der Waals surface area (Å²) in [5.41, 5.74) is 4.36. The molecular weight excluding hydrogens is 388 g/mol. The van der Waals surface area contributed by atoms with E-state index in [2.05, 4.69) is 50.2 Å². The zero-order valence-electron chi connectivity index (χ0n) is 19.2. The Morgan fingerprint density at radius 1 is 0.677 bits per heavy atom. The van der Waals surface area contributed by atoms with E-state index < -0.39 is 0 Å². The highest BCUT2D eigenvalue weighted by molar-refractivity contribution is 5.56. The molecule has 0 aliphatic heterocycles. The Morgan fingerprint density at radius 2 is 1.10 bits per heavy atom. The Labute approximate surface area is 187 Å². The lowest BCUT2D eigenvalue weighted by Gasteiger charge is -2.38. The summed E-state index contributed by atoms with van der Waals surface area (Å²) >= 11 is 0. The van der Waals surface area contributed by atoms with Crippen LogP contribution in [0.4, 0.5) is 0 Å². The smallest absolute Gasteiger partial charge is 0.126 e. The van der Waals surface area contributed by atoms with Crippen molar-refractivity contribution in [3.05, 3.63) is 58.7 Å². The SMILES string of the molecule is Cc1cccc(C2(c3cccc(C)c3OCCO)CCCCCCCC2)c1OCCO. The van der Waals surface area contributed by atoms with Gasteiger partial charge in [-0.1, -0.05) is 74.9 Å². The van der Waals surface area contributed by atoms with Crippen LogP contribution in [0.3, 0.4) is 0 Å². The minimum absolute atomic E-state index is 0.00389. The maximum absolute atomic E-state index is 9.43. The molecule has 1 fully saturated rings. The highest BCUT2D eigenvalue weighted by atomic mass is 16.5. The Hall–Kier alpha value is -2.04. The number of ether oxygens (including phenoxy) is 2. The third-order valence-corrected chi connectivity index (χ3v) is 6.59. The first-order chi connectivity index (χ1) is 15.1. The fraction of sp³-hybridized carbons (Fsp3) is 0.556. The van der Waals surface area contributed by atoms with Crippen molar-refractivity contribution < 1.29 is 19.7 Å². The van der Waals surface area contributed by atoms with Crippen molar-refractivity contribution in [2.75, 3.05) is 26.4 Å². The molecule has 0 spiro atoms. The summed E-state index contributed by atoms with van der Waals surface area (Å²) in [4.78, 5) is 0. The lowest BCUT2D eigenvalue weighted by molar-refractivity contribution is 0.193. The molecule has 0 aromatic heterocycles. The van der Waals surface area contributed by atoms with Crippen molar-refractivity contribution in [3.63, 3.8) is 0 Å². The lowest BCUT2D eigenvalue weighted by Crippen LogP contribution is -2.30. The maximum Gasteiger partial charge on any atom is 0.126 e. The predicted molar refractivity (Wildman–Crippen MR) is 125 cm³/mol. The normalized spacial score (nSPS) is 16.8. The zero-order valence-corrected chi connectivity index (χ0v) is 19.2. The maximum atomic E-state index is 9.43. The van der Waals surface area contributed by atoms with E-state index in [1.807, 2.05) is 0 Å². The van der Waals surface area contributed by atoms with E-state index in [0.717, 1.165) is 48.3 Å². The second kappa shape index (κ2) is 11.5. The Balaban J connectivity index is 2.23. The van der Waals surface area contributed by atoms with Gasteiger partial charge in [0.1, 0.15) is 24.7 Å². The van der Waals surface area contributed by atoms with Gasteiger partial charge in [-0.2, -0.15) is 0 Å². The van der Waals surface area contributed by atoms with Crippen LogP contribution in [-0.4, -0.2) is 36.6 Å². The molecule has 2 N–H and O–H groups in total. The van der Waals surface area contributed by atoms with Crippen molar-refractivity contribution in [1.29, 1.82) is 0 Å². The van der Waals surface area contributed by atoms with E-state index in [1.165, 1.54) is 36.8 Å². The highest BCUT2D eigenvalue weighted by Gasteiger charge is 2.39. The molecule has 4 heteroatoms. The highest BCUT2D eigenvalue weighted by Crippen LogP contribution is 2.50. The van der Waals surface area contributed by atoms with E-state index >= 15 is 0 Å². The lowest BCUT2D eigenvalue weighted by atomic mass is 9.67. The van der Waals surface area contributed by atoms with E-state index in [-0.39, 0.29) is 31.8 Å². The van der Waals surface area contributed by atoms with Crippen LogP contribution in [0, 0.1) is 13.8 Å². The first kappa shape index (κ1) is 23.6. The number of benzene rings is 2. The zero-order chi connectivity index (χ0) is 22.1. The molecule has 0 amide bonds. The topological polar surface area (TPSA) is 58.9 Å². The van der Waals surface area contributed by atoms with Gasteiger partial charge in [0.05, 0.1) is 13.2 Å². The molecule has 4 nitrogen and oxygen atoms in total. The van der Waals surface area contributed by atoms with Crippen molar-refractivity contribution >= 4 is 0 Å². The van der Waals surface area contributed by atoms with Gasteiger partial charge >= 0.3 is 0 Å². The van der Waals surface area contributed by atoms with Crippen LogP contribution in [0.25, 0.3) is 0 Å². The Kier molecular flexibility index (Phi) is 8.79. The van der Waals surface area contributed by atoms with Gasteiger partial charge in [-0.15, -0.1) is 0 Å². The first-order valence-electron chi connectivity index (χ1n) is 11.8. The van der Waals surface area contributed by atoms with Gasteiger partial charge in [-0.05, 0) is 37.8 Å². The molecule has 3 rings (SSSR count). The second-order valence-electron chi connectivity index (χ2n) is 8.75. The molecule has 0 saturated heterocycles. The first-order valence-corrected chi connectivity index (χ1v) is 11.8. The monoisotopic (exact) mass is 426 g/mol. The number of aryl methyl sites for hydroxylation is 2. The van der Waals surface area contributed by atoms with Gasteiger partial charge in [0.2, 0.25) is 0 Å². The molecule has 0 heterocycles. The number of hydrogen-bond acceptors (Lipinski definition) is 4. The van der Waals surface area contributed by atoms with Crippen LogP contribution in [0.5, 0.6) is 11.5 Å². The summed E-state index contributed by atoms with van der Waals surface area (Å²) in [6.45, 7) is 4.73. The van der Waals surface area contributed by atoms with E-state index in [9.17, 15) is 10.2 Å². The van der Waals surface area contributed by atoms with Crippen molar-refractivity contribution in [3.8, 4) is 11.5 Å². The Morgan fingerprint density at radius 3 is 1.52 bits per heavy atom. The van der Waals surface area contributed by atoms with Gasteiger partial charge < -0.3 is 19.7 Å². The molecule has 2 aromatic rings. The van der Waals surface area contributed by atoms with Crippen LogP contribution in [0.15, 0.2) is 36.4 Å². The molecule has 170 valence electrons.